The summed E-state index contributed by atoms with van der Waals surface area (Å²) < 4.78 is 24.4. The molecule has 0 saturated heterocycles. The molecule has 1 aromatic carbocycles. The number of nitrogens with zero attached hydrogens (tertiary/aromatic N) is 1. The summed E-state index contributed by atoms with van der Waals surface area (Å²) in [5, 5.41) is 6.16. The Kier molecular flexibility index (Phi) is 4.77. The maximum absolute atomic E-state index is 12.2. The second-order valence-corrected chi connectivity index (χ2v) is 7.67. The Morgan fingerprint density at radius 3 is 2.70 bits per heavy atom. The monoisotopic (exact) mass is 310 g/mol. The Bertz CT molecular complexity index is 678. The lowest BCUT2D eigenvalue weighted by Crippen LogP contribution is -2.10. The Balaban J connectivity index is 2.20. The van der Waals surface area contributed by atoms with Crippen molar-refractivity contribution in [3.05, 3.63) is 40.3 Å². The van der Waals surface area contributed by atoms with Gasteiger partial charge >= 0.3 is 0 Å². The van der Waals surface area contributed by atoms with Crippen LogP contribution in [0.15, 0.2) is 34.5 Å². The highest BCUT2D eigenvalue weighted by molar-refractivity contribution is 7.91. The van der Waals surface area contributed by atoms with Crippen LogP contribution in [0.25, 0.3) is 0 Å². The van der Waals surface area contributed by atoms with Gasteiger partial charge in [-0.2, -0.15) is 0 Å². The van der Waals surface area contributed by atoms with Crippen molar-refractivity contribution < 1.29 is 8.42 Å². The summed E-state index contributed by atoms with van der Waals surface area (Å²) >= 11 is 1.59. The van der Waals surface area contributed by atoms with E-state index in [1.54, 1.807) is 29.5 Å². The predicted molar refractivity (Wildman–Crippen MR) is 83.0 cm³/mol. The molecular formula is C14H18N2O2S2. The summed E-state index contributed by atoms with van der Waals surface area (Å²) in [6.45, 7) is 4.35. The van der Waals surface area contributed by atoms with Gasteiger partial charge in [-0.15, -0.1) is 11.3 Å². The topological polar surface area (TPSA) is 59.1 Å². The highest BCUT2D eigenvalue weighted by atomic mass is 32.2. The van der Waals surface area contributed by atoms with Crippen LogP contribution in [0.1, 0.15) is 24.0 Å². The van der Waals surface area contributed by atoms with Gasteiger partial charge in [-0.1, -0.05) is 19.1 Å². The third kappa shape index (κ3) is 3.58. The van der Waals surface area contributed by atoms with Crippen molar-refractivity contribution in [1.29, 1.82) is 0 Å². The van der Waals surface area contributed by atoms with Crippen LogP contribution in [0.3, 0.4) is 0 Å². The Morgan fingerprint density at radius 2 is 2.05 bits per heavy atom. The Hall–Kier alpha value is -1.40. The molecule has 2 rings (SSSR count). The van der Waals surface area contributed by atoms with Gasteiger partial charge in [0.15, 0.2) is 9.84 Å². The van der Waals surface area contributed by atoms with Crippen LogP contribution in [-0.2, 0) is 16.4 Å². The average molecular weight is 310 g/mol. The summed E-state index contributed by atoms with van der Waals surface area (Å²) in [6, 6.07) is 7.03. The Morgan fingerprint density at radius 1 is 1.30 bits per heavy atom. The molecule has 0 aliphatic heterocycles. The normalized spacial score (nSPS) is 11.5. The van der Waals surface area contributed by atoms with Crippen molar-refractivity contribution in [3.63, 3.8) is 0 Å². The number of aryl methyl sites for hydroxylation is 1. The molecule has 0 amide bonds. The van der Waals surface area contributed by atoms with Gasteiger partial charge in [-0.05, 0) is 25.5 Å². The standard InChI is InChI=1S/C14H18N2O2S2/c1-3-8-20(17,18)14-7-5-4-6-13(14)15-9-12-10-19-11(2)16-12/h4-7,10,15H,3,8-9H2,1-2H3. The molecule has 0 bridgehead atoms. The molecule has 6 heteroatoms. The second kappa shape index (κ2) is 6.37. The highest BCUT2D eigenvalue weighted by Crippen LogP contribution is 2.23. The molecule has 0 unspecified atom stereocenters. The third-order valence-electron chi connectivity index (χ3n) is 2.82. The van der Waals surface area contributed by atoms with Crippen LogP contribution >= 0.6 is 11.3 Å². The molecule has 108 valence electrons. The van der Waals surface area contributed by atoms with Gasteiger partial charge in [0.25, 0.3) is 0 Å². The molecule has 20 heavy (non-hydrogen) atoms. The van der Waals surface area contributed by atoms with E-state index in [1.165, 1.54) is 0 Å². The predicted octanol–water partition coefficient (Wildman–Crippen LogP) is 3.25. The summed E-state index contributed by atoms with van der Waals surface area (Å²) in [5.41, 5.74) is 1.57. The molecule has 0 saturated carbocycles. The van der Waals surface area contributed by atoms with Crippen molar-refractivity contribution >= 4 is 26.9 Å². The first kappa shape index (κ1) is 15.0. The smallest absolute Gasteiger partial charge is 0.180 e. The van der Waals surface area contributed by atoms with Gasteiger partial charge in [0, 0.05) is 5.38 Å². The number of sulfone groups is 1. The van der Waals surface area contributed by atoms with Crippen molar-refractivity contribution in [2.24, 2.45) is 0 Å². The van der Waals surface area contributed by atoms with Crippen molar-refractivity contribution in [2.75, 3.05) is 11.1 Å². The molecule has 0 aliphatic rings. The molecule has 0 spiro atoms. The second-order valence-electron chi connectivity index (χ2n) is 4.53. The van der Waals surface area contributed by atoms with Crippen molar-refractivity contribution in [3.8, 4) is 0 Å². The van der Waals surface area contributed by atoms with Crippen molar-refractivity contribution in [1.82, 2.24) is 4.98 Å². The van der Waals surface area contributed by atoms with E-state index in [1.807, 2.05) is 25.3 Å². The largest absolute Gasteiger partial charge is 0.378 e. The average Bonchev–Trinajstić information content (AvgIpc) is 2.82. The molecule has 1 N–H and O–H groups in total. The molecule has 2 aromatic rings. The maximum atomic E-state index is 12.2. The fourth-order valence-electron chi connectivity index (χ4n) is 1.94. The molecule has 0 atom stereocenters. The zero-order valence-corrected chi connectivity index (χ0v) is 13.2. The number of nitrogens with one attached hydrogen (secondary N) is 1. The lowest BCUT2D eigenvalue weighted by molar-refractivity contribution is 0.595. The number of anilines is 1. The lowest BCUT2D eigenvalue weighted by Gasteiger charge is -2.11. The van der Waals surface area contributed by atoms with Crippen LogP contribution < -0.4 is 5.32 Å². The van der Waals surface area contributed by atoms with Gasteiger partial charge in [0.05, 0.1) is 33.6 Å². The molecule has 1 aromatic heterocycles. The minimum Gasteiger partial charge on any atom is -0.378 e. The van der Waals surface area contributed by atoms with Crippen LogP contribution in [0.5, 0.6) is 0 Å². The van der Waals surface area contributed by atoms with Gasteiger partial charge in [-0.25, -0.2) is 13.4 Å². The number of benzene rings is 1. The van der Waals surface area contributed by atoms with E-state index in [9.17, 15) is 8.42 Å². The molecule has 0 radical (unpaired) electrons. The Labute approximate surface area is 123 Å². The van der Waals surface area contributed by atoms with Crippen molar-refractivity contribution in [2.45, 2.75) is 31.7 Å². The van der Waals surface area contributed by atoms with Gasteiger partial charge < -0.3 is 5.32 Å². The van der Waals surface area contributed by atoms with E-state index < -0.39 is 9.84 Å². The van der Waals surface area contributed by atoms with Gasteiger partial charge in [0.1, 0.15) is 0 Å². The zero-order valence-electron chi connectivity index (χ0n) is 11.6. The molecule has 0 aliphatic carbocycles. The van der Waals surface area contributed by atoms with Gasteiger partial charge in [-0.3, -0.25) is 0 Å². The molecule has 0 fully saturated rings. The number of para-hydroxylation sites is 1. The van der Waals surface area contributed by atoms with E-state index in [-0.39, 0.29) is 5.75 Å². The van der Waals surface area contributed by atoms with E-state index in [0.717, 1.165) is 10.7 Å². The number of hydrogen-bond acceptors (Lipinski definition) is 5. The number of hydrogen-bond donors (Lipinski definition) is 1. The minimum atomic E-state index is -3.22. The SMILES string of the molecule is CCCS(=O)(=O)c1ccccc1NCc1csc(C)n1. The zero-order chi connectivity index (χ0) is 14.6. The third-order valence-corrected chi connectivity index (χ3v) is 5.62. The molecule has 4 nitrogen and oxygen atoms in total. The van der Waals surface area contributed by atoms with E-state index in [0.29, 0.717) is 23.5 Å². The number of aromatic nitrogens is 1. The summed E-state index contributed by atoms with van der Waals surface area (Å²) in [4.78, 5) is 4.73. The van der Waals surface area contributed by atoms with Crippen LogP contribution in [0.2, 0.25) is 0 Å². The lowest BCUT2D eigenvalue weighted by atomic mass is 10.3. The van der Waals surface area contributed by atoms with Crippen LogP contribution in [0.4, 0.5) is 5.69 Å². The quantitative estimate of drug-likeness (QED) is 0.890. The fourth-order valence-corrected chi connectivity index (χ4v) is 4.07. The first-order valence-corrected chi connectivity index (χ1v) is 9.03. The number of thiazole rings is 1. The first-order valence-electron chi connectivity index (χ1n) is 6.49. The van der Waals surface area contributed by atoms with Crippen LogP contribution in [0, 0.1) is 6.92 Å². The van der Waals surface area contributed by atoms with E-state index in [4.69, 9.17) is 0 Å². The molecular weight excluding hydrogens is 292 g/mol. The minimum absolute atomic E-state index is 0.168. The first-order chi connectivity index (χ1) is 9.53. The fraction of sp³-hybridized carbons (Fsp3) is 0.357. The van der Waals surface area contributed by atoms with E-state index in [2.05, 4.69) is 10.3 Å². The summed E-state index contributed by atoms with van der Waals surface area (Å²) in [6.07, 6.45) is 0.613. The van der Waals surface area contributed by atoms with Crippen LogP contribution in [-0.4, -0.2) is 19.2 Å². The number of rotatable bonds is 6. The maximum Gasteiger partial charge on any atom is 0.180 e. The van der Waals surface area contributed by atoms with E-state index >= 15 is 0 Å². The summed E-state index contributed by atoms with van der Waals surface area (Å²) in [5.74, 6) is 0.168. The molecule has 1 heterocycles. The van der Waals surface area contributed by atoms with Gasteiger partial charge in [0.2, 0.25) is 0 Å². The highest BCUT2D eigenvalue weighted by Gasteiger charge is 2.17. The summed E-state index contributed by atoms with van der Waals surface area (Å²) in [7, 11) is -3.22.